The lowest BCUT2D eigenvalue weighted by molar-refractivity contribution is -0.0361. The molecule has 0 spiro atoms. The minimum atomic E-state index is -2.55. The van der Waals surface area contributed by atoms with Crippen LogP contribution >= 0.6 is 0 Å². The molecule has 1 aliphatic carbocycles. The first-order valence-corrected chi connectivity index (χ1v) is 9.04. The summed E-state index contributed by atoms with van der Waals surface area (Å²) in [5.74, 6) is -1.50. The van der Waals surface area contributed by atoms with Crippen LogP contribution in [0.4, 0.5) is 14.6 Å². The Bertz CT molecular complexity index is 739. The lowest BCUT2D eigenvalue weighted by Crippen LogP contribution is -2.32. The van der Waals surface area contributed by atoms with Gasteiger partial charge < -0.3 is 10.1 Å². The highest BCUT2D eigenvalue weighted by Gasteiger charge is 2.35. The van der Waals surface area contributed by atoms with Gasteiger partial charge >= 0.3 is 0 Å². The number of alkyl halides is 2. The smallest absolute Gasteiger partial charge is 0.252 e. The van der Waals surface area contributed by atoms with Crippen molar-refractivity contribution in [3.63, 3.8) is 0 Å². The van der Waals surface area contributed by atoms with E-state index in [1.807, 2.05) is 32.9 Å². The van der Waals surface area contributed by atoms with E-state index < -0.39 is 5.92 Å². The molecule has 1 atom stereocenters. The Labute approximate surface area is 152 Å². The van der Waals surface area contributed by atoms with E-state index in [-0.39, 0.29) is 25.0 Å². The van der Waals surface area contributed by atoms with Crippen molar-refractivity contribution >= 4 is 5.82 Å². The van der Waals surface area contributed by atoms with Crippen LogP contribution in [-0.2, 0) is 4.74 Å². The lowest BCUT2D eigenvalue weighted by Gasteiger charge is -2.29. The molecule has 142 valence electrons. The molecule has 0 aromatic carbocycles. The fourth-order valence-electron chi connectivity index (χ4n) is 3.09. The van der Waals surface area contributed by atoms with E-state index in [9.17, 15) is 8.78 Å². The van der Waals surface area contributed by atoms with E-state index in [4.69, 9.17) is 4.74 Å². The zero-order valence-electron chi connectivity index (χ0n) is 15.4. The molecule has 6 nitrogen and oxygen atoms in total. The molecular formula is C18H25F2N5O. The SMILES string of the molecule is CCOC(C)c1cc(NC2CCC(F)(F)CC2)nc(-n2ccc(C)n2)n1. The molecule has 8 heteroatoms. The monoisotopic (exact) mass is 365 g/mol. The summed E-state index contributed by atoms with van der Waals surface area (Å²) in [5.41, 5.74) is 1.59. The Morgan fingerprint density at radius 1 is 1.35 bits per heavy atom. The fraction of sp³-hybridized carbons (Fsp3) is 0.611. The summed E-state index contributed by atoms with van der Waals surface area (Å²) in [4.78, 5) is 9.08. The van der Waals surface area contributed by atoms with Crippen LogP contribution in [0.25, 0.3) is 5.95 Å². The zero-order chi connectivity index (χ0) is 18.7. The molecule has 0 saturated heterocycles. The largest absolute Gasteiger partial charge is 0.372 e. The van der Waals surface area contributed by atoms with Crippen molar-refractivity contribution < 1.29 is 13.5 Å². The summed E-state index contributed by atoms with van der Waals surface area (Å²) in [7, 11) is 0. The predicted octanol–water partition coefficient (Wildman–Crippen LogP) is 4.06. The first kappa shape index (κ1) is 18.7. The molecule has 1 fully saturated rings. The van der Waals surface area contributed by atoms with E-state index in [0.717, 1.165) is 11.4 Å². The number of aromatic nitrogens is 4. The van der Waals surface area contributed by atoms with Crippen LogP contribution in [0, 0.1) is 6.92 Å². The molecule has 0 bridgehead atoms. The van der Waals surface area contributed by atoms with E-state index in [1.54, 1.807) is 10.9 Å². The van der Waals surface area contributed by atoms with Gasteiger partial charge in [-0.1, -0.05) is 0 Å². The number of halogens is 2. The summed E-state index contributed by atoms with van der Waals surface area (Å²) in [6.45, 7) is 6.32. The average molecular weight is 365 g/mol. The molecule has 1 unspecified atom stereocenters. The van der Waals surface area contributed by atoms with Gasteiger partial charge in [0.05, 0.1) is 17.5 Å². The predicted molar refractivity (Wildman–Crippen MR) is 94.8 cm³/mol. The molecule has 1 aliphatic rings. The minimum absolute atomic E-state index is 0.0213. The summed E-state index contributed by atoms with van der Waals surface area (Å²) in [6.07, 6.45) is 2.25. The van der Waals surface area contributed by atoms with E-state index in [1.165, 1.54) is 0 Å². The number of nitrogens with one attached hydrogen (secondary N) is 1. The minimum Gasteiger partial charge on any atom is -0.372 e. The highest BCUT2D eigenvalue weighted by atomic mass is 19.3. The lowest BCUT2D eigenvalue weighted by atomic mass is 9.92. The van der Waals surface area contributed by atoms with Crippen molar-refractivity contribution in [3.8, 4) is 5.95 Å². The van der Waals surface area contributed by atoms with E-state index in [2.05, 4.69) is 20.4 Å². The molecule has 2 aromatic heterocycles. The molecule has 2 heterocycles. The Hall–Kier alpha value is -2.09. The van der Waals surface area contributed by atoms with Crippen LogP contribution in [0.2, 0.25) is 0 Å². The number of hydrogen-bond acceptors (Lipinski definition) is 5. The zero-order valence-corrected chi connectivity index (χ0v) is 15.4. The van der Waals surface area contributed by atoms with Crippen LogP contribution in [0.15, 0.2) is 18.3 Å². The molecule has 26 heavy (non-hydrogen) atoms. The van der Waals surface area contributed by atoms with Crippen LogP contribution in [0.5, 0.6) is 0 Å². The van der Waals surface area contributed by atoms with Gasteiger partial charge in [-0.3, -0.25) is 0 Å². The first-order valence-electron chi connectivity index (χ1n) is 9.04. The highest BCUT2D eigenvalue weighted by molar-refractivity contribution is 5.40. The molecule has 2 aromatic rings. The maximum atomic E-state index is 13.4. The third kappa shape index (κ3) is 4.55. The third-order valence-electron chi connectivity index (χ3n) is 4.56. The van der Waals surface area contributed by atoms with Crippen molar-refractivity contribution in [1.82, 2.24) is 19.7 Å². The van der Waals surface area contributed by atoms with Gasteiger partial charge in [-0.15, -0.1) is 0 Å². The Kier molecular flexibility index (Phi) is 5.50. The summed E-state index contributed by atoms with van der Waals surface area (Å²) in [6, 6.07) is 3.68. The van der Waals surface area contributed by atoms with Gasteiger partial charge in [-0.25, -0.2) is 18.4 Å². The highest BCUT2D eigenvalue weighted by Crippen LogP contribution is 2.34. The third-order valence-corrected chi connectivity index (χ3v) is 4.56. The Morgan fingerprint density at radius 2 is 2.08 bits per heavy atom. The number of rotatable bonds is 6. The normalized spacial score (nSPS) is 18.7. The summed E-state index contributed by atoms with van der Waals surface area (Å²) in [5, 5.41) is 7.65. The topological polar surface area (TPSA) is 64.9 Å². The first-order chi connectivity index (χ1) is 12.4. The van der Waals surface area contributed by atoms with Crippen LogP contribution in [0.3, 0.4) is 0 Å². The number of hydrogen-bond donors (Lipinski definition) is 1. The Morgan fingerprint density at radius 3 is 2.69 bits per heavy atom. The van der Waals surface area contributed by atoms with Crippen LogP contribution in [-0.4, -0.2) is 38.3 Å². The second kappa shape index (κ2) is 7.65. The summed E-state index contributed by atoms with van der Waals surface area (Å²) < 4.78 is 34.0. The molecule has 0 radical (unpaired) electrons. The molecule has 3 rings (SSSR count). The summed E-state index contributed by atoms with van der Waals surface area (Å²) >= 11 is 0. The number of nitrogens with zero attached hydrogens (tertiary/aromatic N) is 4. The molecule has 1 N–H and O–H groups in total. The van der Waals surface area contributed by atoms with Gasteiger partial charge in [0, 0.05) is 37.8 Å². The van der Waals surface area contributed by atoms with Gasteiger partial charge in [0.25, 0.3) is 5.95 Å². The van der Waals surface area contributed by atoms with Crippen molar-refractivity contribution in [2.75, 3.05) is 11.9 Å². The maximum Gasteiger partial charge on any atom is 0.252 e. The standard InChI is InChI=1S/C18H25F2N5O/c1-4-26-13(3)15-11-16(21-14-5-8-18(19,20)9-6-14)23-17(22-15)25-10-7-12(2)24-25/h7,10-11,13-14H,4-6,8-9H2,1-3H3,(H,21,22,23). The second-order valence-corrected chi connectivity index (χ2v) is 6.75. The van der Waals surface area contributed by atoms with Gasteiger partial charge in [0.2, 0.25) is 5.92 Å². The number of aryl methyl sites for hydroxylation is 1. The van der Waals surface area contributed by atoms with Gasteiger partial charge in [-0.2, -0.15) is 10.1 Å². The molecule has 1 saturated carbocycles. The quantitative estimate of drug-likeness (QED) is 0.836. The average Bonchev–Trinajstić information content (AvgIpc) is 3.03. The number of anilines is 1. The van der Waals surface area contributed by atoms with Crippen molar-refractivity contribution in [2.24, 2.45) is 0 Å². The molecule has 0 aliphatic heterocycles. The van der Waals surface area contributed by atoms with E-state index in [0.29, 0.717) is 31.2 Å². The number of ether oxygens (including phenoxy) is 1. The van der Waals surface area contributed by atoms with E-state index >= 15 is 0 Å². The van der Waals surface area contributed by atoms with Crippen LogP contribution < -0.4 is 5.32 Å². The van der Waals surface area contributed by atoms with Crippen molar-refractivity contribution in [2.45, 2.75) is 64.5 Å². The van der Waals surface area contributed by atoms with Gasteiger partial charge in [0.15, 0.2) is 0 Å². The van der Waals surface area contributed by atoms with Crippen LogP contribution in [0.1, 0.15) is 57.0 Å². The van der Waals surface area contributed by atoms with Crippen molar-refractivity contribution in [1.29, 1.82) is 0 Å². The van der Waals surface area contributed by atoms with Crippen molar-refractivity contribution in [3.05, 3.63) is 29.7 Å². The fourth-order valence-corrected chi connectivity index (χ4v) is 3.09. The second-order valence-electron chi connectivity index (χ2n) is 6.75. The van der Waals surface area contributed by atoms with Gasteiger partial charge in [-0.05, 0) is 39.7 Å². The molecule has 0 amide bonds. The maximum absolute atomic E-state index is 13.4. The molecular weight excluding hydrogens is 340 g/mol. The van der Waals surface area contributed by atoms with Gasteiger partial charge in [0.1, 0.15) is 5.82 Å². The Balaban J connectivity index is 1.85.